The Morgan fingerprint density at radius 3 is 3.06 bits per heavy atom. The predicted octanol–water partition coefficient (Wildman–Crippen LogP) is 2.66. The molecule has 2 aliphatic rings. The van der Waals surface area contributed by atoms with Gasteiger partial charge >= 0.3 is 0 Å². The molecule has 2 N–H and O–H groups in total. The van der Waals surface area contributed by atoms with Crippen LogP contribution in [0, 0.1) is 5.92 Å². The van der Waals surface area contributed by atoms with Crippen molar-refractivity contribution in [2.24, 2.45) is 5.92 Å². The summed E-state index contributed by atoms with van der Waals surface area (Å²) in [4.78, 5) is 0. The fraction of sp³-hybridized carbons (Fsp3) is 0.643. The van der Waals surface area contributed by atoms with Crippen LogP contribution in [-0.2, 0) is 0 Å². The van der Waals surface area contributed by atoms with E-state index in [2.05, 4.69) is 35.7 Å². The molecule has 0 bridgehead atoms. The molecule has 1 saturated carbocycles. The van der Waals surface area contributed by atoms with Gasteiger partial charge in [-0.1, -0.05) is 20.3 Å². The third kappa shape index (κ3) is 2.00. The molecule has 0 aromatic carbocycles. The van der Waals surface area contributed by atoms with E-state index in [1.165, 1.54) is 25.7 Å². The Kier molecular flexibility index (Phi) is 3.02. The molecule has 1 fully saturated rings. The molecule has 1 aliphatic heterocycles. The van der Waals surface area contributed by atoms with E-state index in [9.17, 15) is 0 Å². The Labute approximate surface area is 108 Å². The van der Waals surface area contributed by atoms with Gasteiger partial charge in [0.25, 0.3) is 0 Å². The summed E-state index contributed by atoms with van der Waals surface area (Å²) in [6, 6.07) is 3.09. The van der Waals surface area contributed by atoms with Gasteiger partial charge in [-0.2, -0.15) is 5.10 Å². The van der Waals surface area contributed by atoms with E-state index in [1.54, 1.807) is 0 Å². The zero-order valence-corrected chi connectivity index (χ0v) is 11.2. The number of hydrogen-bond donors (Lipinski definition) is 2. The lowest BCUT2D eigenvalue weighted by Gasteiger charge is -2.33. The van der Waals surface area contributed by atoms with E-state index in [0.717, 1.165) is 11.6 Å². The number of hydrogen-bond acceptors (Lipinski definition) is 3. The van der Waals surface area contributed by atoms with E-state index in [0.29, 0.717) is 18.0 Å². The third-order valence-electron chi connectivity index (χ3n) is 4.24. The van der Waals surface area contributed by atoms with Crippen LogP contribution in [0.5, 0.6) is 0 Å². The highest BCUT2D eigenvalue weighted by Gasteiger charge is 2.25. The first kappa shape index (κ1) is 11.6. The van der Waals surface area contributed by atoms with Crippen molar-refractivity contribution in [1.82, 2.24) is 15.1 Å². The van der Waals surface area contributed by atoms with Crippen molar-refractivity contribution in [2.45, 2.75) is 51.6 Å². The SMILES string of the molecule is CCC(C)C1C=C(NC2CCC2)n2nccc2N1. The zero-order chi connectivity index (χ0) is 12.5. The quantitative estimate of drug-likeness (QED) is 0.858. The summed E-state index contributed by atoms with van der Waals surface area (Å²) in [7, 11) is 0. The molecule has 98 valence electrons. The van der Waals surface area contributed by atoms with E-state index in [4.69, 9.17) is 0 Å². The lowest BCUT2D eigenvalue weighted by atomic mass is 9.92. The van der Waals surface area contributed by atoms with E-state index >= 15 is 0 Å². The minimum Gasteiger partial charge on any atom is -0.367 e. The molecule has 4 nitrogen and oxygen atoms in total. The first-order valence-electron chi connectivity index (χ1n) is 7.07. The van der Waals surface area contributed by atoms with Crippen molar-refractivity contribution in [3.05, 3.63) is 18.3 Å². The summed E-state index contributed by atoms with van der Waals surface area (Å²) in [6.07, 6.45) is 9.26. The molecule has 1 aliphatic carbocycles. The monoisotopic (exact) mass is 246 g/mol. The number of nitrogens with one attached hydrogen (secondary N) is 2. The molecule has 3 rings (SSSR count). The predicted molar refractivity (Wildman–Crippen MR) is 74.1 cm³/mol. The van der Waals surface area contributed by atoms with Crippen LogP contribution in [0.1, 0.15) is 39.5 Å². The fourth-order valence-electron chi connectivity index (χ4n) is 2.49. The normalized spacial score (nSPS) is 24.6. The highest BCUT2D eigenvalue weighted by atomic mass is 15.4. The van der Waals surface area contributed by atoms with Gasteiger partial charge in [-0.15, -0.1) is 0 Å². The first-order valence-corrected chi connectivity index (χ1v) is 7.07. The van der Waals surface area contributed by atoms with E-state index in [-0.39, 0.29) is 0 Å². The molecule has 18 heavy (non-hydrogen) atoms. The van der Waals surface area contributed by atoms with Crippen LogP contribution in [-0.4, -0.2) is 21.9 Å². The number of anilines is 1. The smallest absolute Gasteiger partial charge is 0.131 e. The Hall–Kier alpha value is -1.45. The molecular weight excluding hydrogens is 224 g/mol. The largest absolute Gasteiger partial charge is 0.367 e. The second-order valence-electron chi connectivity index (χ2n) is 5.51. The average Bonchev–Trinajstić information content (AvgIpc) is 2.80. The molecule has 2 unspecified atom stereocenters. The first-order chi connectivity index (χ1) is 8.78. The third-order valence-corrected chi connectivity index (χ3v) is 4.24. The summed E-state index contributed by atoms with van der Waals surface area (Å²) in [5, 5.41) is 11.6. The van der Waals surface area contributed by atoms with Crippen LogP contribution in [0.2, 0.25) is 0 Å². The van der Waals surface area contributed by atoms with Crippen LogP contribution < -0.4 is 10.6 Å². The van der Waals surface area contributed by atoms with Gasteiger partial charge in [-0.25, -0.2) is 4.68 Å². The summed E-state index contributed by atoms with van der Waals surface area (Å²) in [5.74, 6) is 2.89. The maximum Gasteiger partial charge on any atom is 0.131 e. The minimum absolute atomic E-state index is 0.404. The van der Waals surface area contributed by atoms with E-state index in [1.807, 2.05) is 16.9 Å². The lowest BCUT2D eigenvalue weighted by Crippen LogP contribution is -2.40. The fourth-order valence-corrected chi connectivity index (χ4v) is 2.49. The van der Waals surface area contributed by atoms with Gasteiger partial charge < -0.3 is 10.6 Å². The molecule has 1 aromatic heterocycles. The zero-order valence-electron chi connectivity index (χ0n) is 11.2. The lowest BCUT2D eigenvalue weighted by molar-refractivity contribution is 0.370. The second-order valence-corrected chi connectivity index (χ2v) is 5.51. The Bertz CT molecular complexity index is 444. The topological polar surface area (TPSA) is 41.9 Å². The summed E-state index contributed by atoms with van der Waals surface area (Å²) in [6.45, 7) is 4.53. The number of rotatable bonds is 4. The molecule has 0 spiro atoms. The maximum absolute atomic E-state index is 4.39. The van der Waals surface area contributed by atoms with Crippen molar-refractivity contribution in [3.8, 4) is 0 Å². The van der Waals surface area contributed by atoms with Gasteiger partial charge in [-0.3, -0.25) is 0 Å². The average molecular weight is 246 g/mol. The standard InChI is InChI=1S/C14H22N4/c1-3-10(2)12-9-14(16-11-5-4-6-11)18-13(17-12)7-8-15-18/h7-12,16-17H,3-6H2,1-2H3. The van der Waals surface area contributed by atoms with Gasteiger partial charge in [0, 0.05) is 12.1 Å². The molecule has 4 heteroatoms. The number of nitrogens with zero attached hydrogens (tertiary/aromatic N) is 2. The van der Waals surface area contributed by atoms with Gasteiger partial charge in [0.1, 0.15) is 11.6 Å². The minimum atomic E-state index is 0.404. The Balaban J connectivity index is 1.83. The highest BCUT2D eigenvalue weighted by molar-refractivity contribution is 5.58. The molecule has 2 heterocycles. The Morgan fingerprint density at radius 1 is 1.56 bits per heavy atom. The van der Waals surface area contributed by atoms with Crippen molar-refractivity contribution < 1.29 is 0 Å². The van der Waals surface area contributed by atoms with E-state index < -0.39 is 0 Å². The molecule has 0 amide bonds. The summed E-state index contributed by atoms with van der Waals surface area (Å²) in [5.41, 5.74) is 0. The van der Waals surface area contributed by atoms with Crippen molar-refractivity contribution in [3.63, 3.8) is 0 Å². The van der Waals surface area contributed by atoms with Gasteiger partial charge in [0.05, 0.1) is 12.2 Å². The molecular formula is C14H22N4. The van der Waals surface area contributed by atoms with Crippen LogP contribution in [0.15, 0.2) is 18.3 Å². The van der Waals surface area contributed by atoms with Gasteiger partial charge in [0.15, 0.2) is 0 Å². The Morgan fingerprint density at radius 2 is 2.39 bits per heavy atom. The van der Waals surface area contributed by atoms with Crippen LogP contribution in [0.4, 0.5) is 5.82 Å². The summed E-state index contributed by atoms with van der Waals surface area (Å²) < 4.78 is 1.98. The van der Waals surface area contributed by atoms with Crippen molar-refractivity contribution in [2.75, 3.05) is 5.32 Å². The van der Waals surface area contributed by atoms with Crippen molar-refractivity contribution in [1.29, 1.82) is 0 Å². The molecule has 2 atom stereocenters. The number of aromatic nitrogens is 2. The van der Waals surface area contributed by atoms with Crippen LogP contribution >= 0.6 is 0 Å². The molecule has 1 aromatic rings. The van der Waals surface area contributed by atoms with Crippen LogP contribution in [0.25, 0.3) is 5.82 Å². The van der Waals surface area contributed by atoms with Gasteiger partial charge in [0.2, 0.25) is 0 Å². The highest BCUT2D eigenvalue weighted by Crippen LogP contribution is 2.27. The molecule has 0 radical (unpaired) electrons. The van der Waals surface area contributed by atoms with Crippen molar-refractivity contribution >= 4 is 11.6 Å². The second kappa shape index (κ2) is 4.67. The van der Waals surface area contributed by atoms with Crippen LogP contribution in [0.3, 0.4) is 0 Å². The summed E-state index contributed by atoms with van der Waals surface area (Å²) >= 11 is 0. The molecule has 0 saturated heterocycles. The number of fused-ring (bicyclic) bond motifs is 1. The van der Waals surface area contributed by atoms with Gasteiger partial charge in [-0.05, 0) is 31.3 Å². The maximum atomic E-state index is 4.39.